The lowest BCUT2D eigenvalue weighted by Gasteiger charge is -2.19. The molecular weight excluding hydrogens is 384 g/mol. The van der Waals surface area contributed by atoms with E-state index in [0.29, 0.717) is 25.0 Å². The molecule has 0 radical (unpaired) electrons. The van der Waals surface area contributed by atoms with Gasteiger partial charge in [-0.25, -0.2) is 4.98 Å². The van der Waals surface area contributed by atoms with E-state index in [1.165, 1.54) is 0 Å². The fraction of sp³-hybridized carbons (Fsp3) is 0.111. The van der Waals surface area contributed by atoms with E-state index < -0.39 is 0 Å². The molecule has 1 aromatic heterocycles. The molecule has 0 amide bonds. The van der Waals surface area contributed by atoms with E-state index in [1.54, 1.807) is 6.20 Å². The lowest BCUT2D eigenvalue weighted by atomic mass is 10.2. The van der Waals surface area contributed by atoms with Gasteiger partial charge >= 0.3 is 0 Å². The Hall–Kier alpha value is -2.80. The van der Waals surface area contributed by atoms with Gasteiger partial charge in [0, 0.05) is 28.1 Å². The maximum Gasteiger partial charge on any atom is 0.229 e. The van der Waals surface area contributed by atoms with Crippen molar-refractivity contribution >= 4 is 39.1 Å². The average Bonchev–Trinajstić information content (AvgIpc) is 2.64. The number of aromatic nitrogens is 2. The molecule has 1 aliphatic rings. The Morgan fingerprint density at radius 2 is 1.60 bits per heavy atom. The van der Waals surface area contributed by atoms with Gasteiger partial charge in [-0.2, -0.15) is 4.98 Å². The van der Waals surface area contributed by atoms with Crippen LogP contribution >= 0.6 is 15.9 Å². The van der Waals surface area contributed by atoms with Crippen LogP contribution in [0.5, 0.6) is 11.5 Å². The van der Waals surface area contributed by atoms with Crippen LogP contribution in [-0.2, 0) is 0 Å². The van der Waals surface area contributed by atoms with Crippen molar-refractivity contribution in [2.45, 2.75) is 0 Å². The first-order valence-corrected chi connectivity index (χ1v) is 8.58. The van der Waals surface area contributed by atoms with Gasteiger partial charge in [-0.05, 0) is 42.5 Å². The monoisotopic (exact) mass is 398 g/mol. The molecule has 7 heteroatoms. The molecule has 6 nitrogen and oxygen atoms in total. The molecule has 0 bridgehead atoms. The number of benzene rings is 2. The summed E-state index contributed by atoms with van der Waals surface area (Å²) in [6, 6.07) is 15.3. The van der Waals surface area contributed by atoms with Crippen molar-refractivity contribution in [3.8, 4) is 11.5 Å². The molecule has 2 heterocycles. The predicted molar refractivity (Wildman–Crippen MR) is 100 cm³/mol. The van der Waals surface area contributed by atoms with Gasteiger partial charge in [0.1, 0.15) is 19.0 Å². The maximum absolute atomic E-state index is 5.60. The summed E-state index contributed by atoms with van der Waals surface area (Å²) >= 11 is 3.42. The van der Waals surface area contributed by atoms with E-state index in [2.05, 4.69) is 36.5 Å². The Balaban J connectivity index is 1.50. The molecule has 0 saturated carbocycles. The van der Waals surface area contributed by atoms with Crippen molar-refractivity contribution in [1.29, 1.82) is 0 Å². The number of hydrogen-bond acceptors (Lipinski definition) is 6. The minimum absolute atomic E-state index is 0.518. The van der Waals surface area contributed by atoms with Gasteiger partial charge < -0.3 is 20.1 Å². The normalized spacial score (nSPS) is 12.5. The third-order valence-corrected chi connectivity index (χ3v) is 4.10. The van der Waals surface area contributed by atoms with Crippen LogP contribution in [0, 0.1) is 0 Å². The highest BCUT2D eigenvalue weighted by Crippen LogP contribution is 2.33. The van der Waals surface area contributed by atoms with Crippen molar-refractivity contribution in [1.82, 2.24) is 9.97 Å². The molecular formula is C18H15BrN4O2. The average molecular weight is 399 g/mol. The molecule has 0 unspecified atom stereocenters. The number of nitrogens with zero attached hydrogens (tertiary/aromatic N) is 2. The predicted octanol–water partition coefficient (Wildman–Crippen LogP) is 4.50. The number of fused-ring (bicyclic) bond motifs is 1. The summed E-state index contributed by atoms with van der Waals surface area (Å²) in [6.45, 7) is 1.14. The lowest BCUT2D eigenvalue weighted by Crippen LogP contribution is -2.15. The standard InChI is InChI=1S/C18H15BrN4O2/c19-12-1-3-13(4-2-12)22-18-20-8-7-17(23-18)21-14-5-6-15-16(11-14)25-10-9-24-15/h1-8,11H,9-10H2,(H2,20,21,22,23). The van der Waals surface area contributed by atoms with Gasteiger partial charge in [0.15, 0.2) is 11.5 Å². The molecule has 0 saturated heterocycles. The minimum Gasteiger partial charge on any atom is -0.486 e. The van der Waals surface area contributed by atoms with Gasteiger partial charge in [-0.15, -0.1) is 0 Å². The van der Waals surface area contributed by atoms with Crippen molar-refractivity contribution in [3.05, 3.63) is 59.2 Å². The van der Waals surface area contributed by atoms with Crippen LogP contribution < -0.4 is 20.1 Å². The Kier molecular flexibility index (Phi) is 4.39. The van der Waals surface area contributed by atoms with E-state index in [1.807, 2.05) is 48.5 Å². The smallest absolute Gasteiger partial charge is 0.229 e. The molecule has 2 aromatic carbocycles. The number of hydrogen-bond donors (Lipinski definition) is 2. The van der Waals surface area contributed by atoms with E-state index in [4.69, 9.17) is 9.47 Å². The van der Waals surface area contributed by atoms with Crippen LogP contribution in [0.2, 0.25) is 0 Å². The quantitative estimate of drug-likeness (QED) is 0.674. The molecule has 25 heavy (non-hydrogen) atoms. The maximum atomic E-state index is 5.60. The third kappa shape index (κ3) is 3.83. The zero-order valence-corrected chi connectivity index (χ0v) is 14.8. The van der Waals surface area contributed by atoms with Crippen molar-refractivity contribution in [2.75, 3.05) is 23.8 Å². The van der Waals surface area contributed by atoms with E-state index >= 15 is 0 Å². The van der Waals surface area contributed by atoms with Crippen LogP contribution in [0.25, 0.3) is 0 Å². The summed E-state index contributed by atoms with van der Waals surface area (Å²) in [5.41, 5.74) is 1.79. The highest BCUT2D eigenvalue weighted by atomic mass is 79.9. The van der Waals surface area contributed by atoms with Crippen LogP contribution in [0.4, 0.5) is 23.1 Å². The number of halogens is 1. The van der Waals surface area contributed by atoms with Crippen LogP contribution in [-0.4, -0.2) is 23.2 Å². The van der Waals surface area contributed by atoms with Crippen molar-refractivity contribution in [2.24, 2.45) is 0 Å². The molecule has 0 atom stereocenters. The van der Waals surface area contributed by atoms with E-state index in [9.17, 15) is 0 Å². The Morgan fingerprint density at radius 3 is 2.44 bits per heavy atom. The molecule has 0 aliphatic carbocycles. The number of anilines is 4. The van der Waals surface area contributed by atoms with Crippen LogP contribution in [0.3, 0.4) is 0 Å². The first-order chi connectivity index (χ1) is 12.3. The Bertz CT molecular complexity index is 886. The topological polar surface area (TPSA) is 68.3 Å². The molecule has 3 aromatic rings. The minimum atomic E-state index is 0.518. The zero-order chi connectivity index (χ0) is 17.1. The lowest BCUT2D eigenvalue weighted by molar-refractivity contribution is 0.171. The summed E-state index contributed by atoms with van der Waals surface area (Å²) in [5.74, 6) is 2.70. The molecule has 1 aliphatic heterocycles. The fourth-order valence-corrected chi connectivity index (χ4v) is 2.68. The second kappa shape index (κ2) is 6.98. The summed E-state index contributed by atoms with van der Waals surface area (Å²) < 4.78 is 12.2. The van der Waals surface area contributed by atoms with E-state index in [-0.39, 0.29) is 0 Å². The van der Waals surface area contributed by atoms with Gasteiger partial charge in [0.25, 0.3) is 0 Å². The van der Waals surface area contributed by atoms with Crippen molar-refractivity contribution in [3.63, 3.8) is 0 Å². The molecule has 126 valence electrons. The van der Waals surface area contributed by atoms with Gasteiger partial charge in [0.05, 0.1) is 0 Å². The Morgan fingerprint density at radius 1 is 0.840 bits per heavy atom. The summed E-state index contributed by atoms with van der Waals surface area (Å²) in [4.78, 5) is 8.73. The number of rotatable bonds is 4. The SMILES string of the molecule is Brc1ccc(Nc2nccc(Nc3ccc4c(c3)OCCO4)n2)cc1. The molecule has 0 fully saturated rings. The van der Waals surface area contributed by atoms with E-state index in [0.717, 1.165) is 27.3 Å². The van der Waals surface area contributed by atoms with Crippen LogP contribution in [0.15, 0.2) is 59.2 Å². The number of ether oxygens (including phenoxy) is 2. The van der Waals surface area contributed by atoms with Crippen molar-refractivity contribution < 1.29 is 9.47 Å². The van der Waals surface area contributed by atoms with Gasteiger partial charge in [-0.3, -0.25) is 0 Å². The highest BCUT2D eigenvalue weighted by molar-refractivity contribution is 9.10. The summed E-state index contributed by atoms with van der Waals surface area (Å²) in [5, 5.41) is 6.43. The molecule has 0 spiro atoms. The van der Waals surface area contributed by atoms with Gasteiger partial charge in [-0.1, -0.05) is 15.9 Å². The summed E-state index contributed by atoms with van der Waals surface area (Å²) in [6.07, 6.45) is 1.70. The van der Waals surface area contributed by atoms with Gasteiger partial charge in [0.2, 0.25) is 5.95 Å². The molecule has 4 rings (SSSR count). The Labute approximate surface area is 153 Å². The fourth-order valence-electron chi connectivity index (χ4n) is 2.42. The largest absolute Gasteiger partial charge is 0.486 e. The molecule has 2 N–H and O–H groups in total. The first-order valence-electron chi connectivity index (χ1n) is 7.79. The third-order valence-electron chi connectivity index (χ3n) is 3.57. The first kappa shape index (κ1) is 15.7. The second-order valence-corrected chi connectivity index (χ2v) is 6.30. The zero-order valence-electron chi connectivity index (χ0n) is 13.2. The number of nitrogens with one attached hydrogen (secondary N) is 2. The highest BCUT2D eigenvalue weighted by Gasteiger charge is 2.12. The summed E-state index contributed by atoms with van der Waals surface area (Å²) in [7, 11) is 0. The van der Waals surface area contributed by atoms with Crippen LogP contribution in [0.1, 0.15) is 0 Å². The second-order valence-electron chi connectivity index (χ2n) is 5.38.